The van der Waals surface area contributed by atoms with Crippen molar-refractivity contribution < 1.29 is 4.79 Å². The van der Waals surface area contributed by atoms with Gasteiger partial charge in [-0.2, -0.15) is 0 Å². The number of amides is 1. The van der Waals surface area contributed by atoms with E-state index in [1.54, 1.807) is 18.2 Å². The molecule has 2 N–H and O–H groups in total. The molecule has 2 aromatic carbocycles. The second-order valence-electron chi connectivity index (χ2n) is 4.81. The molecule has 2 rings (SSSR count). The summed E-state index contributed by atoms with van der Waals surface area (Å²) < 4.78 is 0. The average molecular weight is 323 g/mol. The van der Waals surface area contributed by atoms with E-state index in [1.807, 2.05) is 32.0 Å². The highest BCUT2D eigenvalue weighted by molar-refractivity contribution is 6.35. The maximum absolute atomic E-state index is 11.9. The van der Waals surface area contributed by atoms with Crippen LogP contribution < -0.4 is 10.6 Å². The molecule has 5 heteroatoms. The molecule has 0 unspecified atom stereocenters. The standard InChI is InChI=1S/C16H16Cl2N2O/c1-10-4-3-5-15(11(10)2)19-9-16(21)20-14-7-12(17)6-13(18)8-14/h3-8,19H,9H2,1-2H3,(H,20,21). The normalized spacial score (nSPS) is 10.3. The van der Waals surface area contributed by atoms with E-state index in [1.165, 1.54) is 5.56 Å². The van der Waals surface area contributed by atoms with E-state index >= 15 is 0 Å². The van der Waals surface area contributed by atoms with E-state index in [4.69, 9.17) is 23.2 Å². The van der Waals surface area contributed by atoms with Crippen molar-refractivity contribution in [2.45, 2.75) is 13.8 Å². The van der Waals surface area contributed by atoms with Gasteiger partial charge in [0.1, 0.15) is 0 Å². The zero-order chi connectivity index (χ0) is 15.4. The number of rotatable bonds is 4. The predicted octanol–water partition coefficient (Wildman–Crippen LogP) is 4.66. The third kappa shape index (κ3) is 4.38. The number of hydrogen-bond donors (Lipinski definition) is 2. The molecule has 0 saturated heterocycles. The van der Waals surface area contributed by atoms with Gasteiger partial charge in [-0.25, -0.2) is 0 Å². The Morgan fingerprint density at radius 2 is 1.76 bits per heavy atom. The average Bonchev–Trinajstić information content (AvgIpc) is 2.39. The molecule has 0 aromatic heterocycles. The molecule has 0 radical (unpaired) electrons. The molecule has 1 amide bonds. The van der Waals surface area contributed by atoms with Crippen LogP contribution in [-0.2, 0) is 4.79 Å². The molecule has 110 valence electrons. The Bertz CT molecular complexity index is 651. The van der Waals surface area contributed by atoms with E-state index in [0.717, 1.165) is 11.3 Å². The van der Waals surface area contributed by atoms with Gasteiger partial charge in [-0.15, -0.1) is 0 Å². The Balaban J connectivity index is 1.97. The number of nitrogens with one attached hydrogen (secondary N) is 2. The minimum atomic E-state index is -0.158. The van der Waals surface area contributed by atoms with Crippen LogP contribution in [0.4, 0.5) is 11.4 Å². The van der Waals surface area contributed by atoms with Gasteiger partial charge >= 0.3 is 0 Å². The summed E-state index contributed by atoms with van der Waals surface area (Å²) >= 11 is 11.8. The number of benzene rings is 2. The van der Waals surface area contributed by atoms with Gasteiger partial charge in [-0.05, 0) is 49.2 Å². The number of aryl methyl sites for hydroxylation is 1. The Hall–Kier alpha value is -1.71. The lowest BCUT2D eigenvalue weighted by molar-refractivity contribution is -0.114. The number of carbonyl (C=O) groups excluding carboxylic acids is 1. The lowest BCUT2D eigenvalue weighted by atomic mass is 10.1. The number of carbonyl (C=O) groups is 1. The number of anilines is 2. The van der Waals surface area contributed by atoms with Crippen LogP contribution in [0, 0.1) is 13.8 Å². The van der Waals surface area contributed by atoms with E-state index in [2.05, 4.69) is 10.6 Å². The largest absolute Gasteiger partial charge is 0.376 e. The first-order chi connectivity index (χ1) is 9.95. The minimum absolute atomic E-state index is 0.158. The second-order valence-corrected chi connectivity index (χ2v) is 5.68. The van der Waals surface area contributed by atoms with Crippen molar-refractivity contribution in [2.24, 2.45) is 0 Å². The zero-order valence-corrected chi connectivity index (χ0v) is 13.3. The fourth-order valence-electron chi connectivity index (χ4n) is 1.95. The topological polar surface area (TPSA) is 41.1 Å². The van der Waals surface area contributed by atoms with Gasteiger partial charge in [0.25, 0.3) is 0 Å². The molecule has 0 fully saturated rings. The summed E-state index contributed by atoms with van der Waals surface area (Å²) in [4.78, 5) is 11.9. The van der Waals surface area contributed by atoms with Crippen molar-refractivity contribution in [3.63, 3.8) is 0 Å². The Labute approximate surface area is 134 Å². The molecular weight excluding hydrogens is 307 g/mol. The van der Waals surface area contributed by atoms with Crippen LogP contribution in [0.1, 0.15) is 11.1 Å². The molecule has 0 heterocycles. The van der Waals surface area contributed by atoms with Crippen LogP contribution in [0.5, 0.6) is 0 Å². The van der Waals surface area contributed by atoms with Gasteiger partial charge in [-0.3, -0.25) is 4.79 Å². The summed E-state index contributed by atoms with van der Waals surface area (Å²) in [5.74, 6) is -0.158. The van der Waals surface area contributed by atoms with Crippen LogP contribution in [0.25, 0.3) is 0 Å². The predicted molar refractivity (Wildman–Crippen MR) is 89.5 cm³/mol. The quantitative estimate of drug-likeness (QED) is 0.859. The molecule has 0 aliphatic carbocycles. The minimum Gasteiger partial charge on any atom is -0.376 e. The second kappa shape index (κ2) is 6.83. The molecule has 0 atom stereocenters. The summed E-state index contributed by atoms with van der Waals surface area (Å²) in [7, 11) is 0. The monoisotopic (exact) mass is 322 g/mol. The van der Waals surface area contributed by atoms with Crippen LogP contribution in [0.2, 0.25) is 10.0 Å². The van der Waals surface area contributed by atoms with Crippen LogP contribution in [-0.4, -0.2) is 12.5 Å². The van der Waals surface area contributed by atoms with Gasteiger partial charge < -0.3 is 10.6 Å². The summed E-state index contributed by atoms with van der Waals surface area (Å²) in [6, 6.07) is 10.9. The van der Waals surface area contributed by atoms with E-state index in [0.29, 0.717) is 15.7 Å². The molecular formula is C16H16Cl2N2O. The van der Waals surface area contributed by atoms with Crippen molar-refractivity contribution in [3.8, 4) is 0 Å². The van der Waals surface area contributed by atoms with E-state index < -0.39 is 0 Å². The molecule has 0 spiro atoms. The van der Waals surface area contributed by atoms with Gasteiger partial charge in [0, 0.05) is 21.4 Å². The first kappa shape index (κ1) is 15.7. The lowest BCUT2D eigenvalue weighted by Crippen LogP contribution is -2.22. The molecule has 3 nitrogen and oxygen atoms in total. The van der Waals surface area contributed by atoms with Crippen LogP contribution in [0.3, 0.4) is 0 Å². The third-order valence-corrected chi connectivity index (χ3v) is 3.63. The van der Waals surface area contributed by atoms with Gasteiger partial charge in [0.05, 0.1) is 6.54 Å². The van der Waals surface area contributed by atoms with E-state index in [9.17, 15) is 4.79 Å². The molecule has 21 heavy (non-hydrogen) atoms. The molecule has 2 aromatic rings. The van der Waals surface area contributed by atoms with Crippen LogP contribution >= 0.6 is 23.2 Å². The maximum atomic E-state index is 11.9. The van der Waals surface area contributed by atoms with Crippen molar-refractivity contribution >= 4 is 40.5 Å². The number of halogens is 2. The molecule has 0 saturated carbocycles. The summed E-state index contributed by atoms with van der Waals surface area (Å²) in [6.45, 7) is 4.23. The van der Waals surface area contributed by atoms with Crippen molar-refractivity contribution in [3.05, 3.63) is 57.6 Å². The highest BCUT2D eigenvalue weighted by atomic mass is 35.5. The van der Waals surface area contributed by atoms with Gasteiger partial charge in [0.2, 0.25) is 5.91 Å². The van der Waals surface area contributed by atoms with E-state index in [-0.39, 0.29) is 12.5 Å². The fourth-order valence-corrected chi connectivity index (χ4v) is 2.48. The highest BCUT2D eigenvalue weighted by Gasteiger charge is 2.06. The summed E-state index contributed by atoms with van der Waals surface area (Å²) in [5, 5.41) is 6.86. The fraction of sp³-hybridized carbons (Fsp3) is 0.188. The first-order valence-corrected chi connectivity index (χ1v) is 7.27. The molecule has 0 bridgehead atoms. The Morgan fingerprint density at radius 3 is 2.43 bits per heavy atom. The SMILES string of the molecule is Cc1cccc(NCC(=O)Nc2cc(Cl)cc(Cl)c2)c1C. The Kier molecular flexibility index (Phi) is 5.10. The zero-order valence-electron chi connectivity index (χ0n) is 11.8. The van der Waals surface area contributed by atoms with Crippen molar-refractivity contribution in [2.75, 3.05) is 17.2 Å². The van der Waals surface area contributed by atoms with Gasteiger partial charge in [0.15, 0.2) is 0 Å². The third-order valence-electron chi connectivity index (χ3n) is 3.19. The Morgan fingerprint density at radius 1 is 1.10 bits per heavy atom. The highest BCUT2D eigenvalue weighted by Crippen LogP contribution is 2.22. The smallest absolute Gasteiger partial charge is 0.243 e. The summed E-state index contributed by atoms with van der Waals surface area (Å²) in [5.41, 5.74) is 3.85. The molecule has 0 aliphatic rings. The first-order valence-electron chi connectivity index (χ1n) is 6.52. The van der Waals surface area contributed by atoms with Crippen LogP contribution in [0.15, 0.2) is 36.4 Å². The lowest BCUT2D eigenvalue weighted by Gasteiger charge is -2.12. The summed E-state index contributed by atoms with van der Waals surface area (Å²) in [6.07, 6.45) is 0. The van der Waals surface area contributed by atoms with Gasteiger partial charge in [-0.1, -0.05) is 35.3 Å². The van der Waals surface area contributed by atoms with Crippen molar-refractivity contribution in [1.82, 2.24) is 0 Å². The number of hydrogen-bond acceptors (Lipinski definition) is 2. The van der Waals surface area contributed by atoms with Crippen molar-refractivity contribution in [1.29, 1.82) is 0 Å². The molecule has 0 aliphatic heterocycles. The maximum Gasteiger partial charge on any atom is 0.243 e.